The lowest BCUT2D eigenvalue weighted by atomic mass is 9.78. The molecule has 17 heavy (non-hydrogen) atoms. The molecule has 0 unspecified atom stereocenters. The van der Waals surface area contributed by atoms with E-state index in [9.17, 15) is 4.79 Å². The molecule has 0 N–H and O–H groups in total. The second-order valence-electron chi connectivity index (χ2n) is 6.26. The SMILES string of the molecule is CC(C)CCc1nc2c(s1)C(=O)CC(C)(C)C2. The molecule has 0 fully saturated rings. The Morgan fingerprint density at radius 2 is 2.06 bits per heavy atom. The number of carbonyl (C=O) groups excluding carboxylic acids is 1. The van der Waals surface area contributed by atoms with E-state index in [1.807, 2.05) is 0 Å². The lowest BCUT2D eigenvalue weighted by Crippen LogP contribution is -2.26. The van der Waals surface area contributed by atoms with E-state index in [-0.39, 0.29) is 5.41 Å². The van der Waals surface area contributed by atoms with E-state index in [1.54, 1.807) is 11.3 Å². The van der Waals surface area contributed by atoms with Gasteiger partial charge in [-0.15, -0.1) is 11.3 Å². The van der Waals surface area contributed by atoms with Crippen LogP contribution in [0, 0.1) is 11.3 Å². The van der Waals surface area contributed by atoms with Crippen molar-refractivity contribution in [2.24, 2.45) is 11.3 Å². The number of thiazole rings is 1. The number of carbonyl (C=O) groups is 1. The van der Waals surface area contributed by atoms with Crippen LogP contribution in [-0.2, 0) is 12.8 Å². The average molecular weight is 251 g/mol. The normalized spacial score (nSPS) is 18.5. The van der Waals surface area contributed by atoms with E-state index < -0.39 is 0 Å². The highest BCUT2D eigenvalue weighted by Crippen LogP contribution is 2.37. The molecule has 1 heterocycles. The number of rotatable bonds is 3. The highest BCUT2D eigenvalue weighted by molar-refractivity contribution is 7.13. The van der Waals surface area contributed by atoms with Crippen LogP contribution in [0.25, 0.3) is 0 Å². The number of ketones is 1. The molecule has 0 spiro atoms. The first-order chi connectivity index (χ1) is 7.87. The summed E-state index contributed by atoms with van der Waals surface area (Å²) >= 11 is 1.63. The molecule has 1 aliphatic rings. The summed E-state index contributed by atoms with van der Waals surface area (Å²) in [7, 11) is 0. The van der Waals surface area contributed by atoms with Crippen molar-refractivity contribution in [3.05, 3.63) is 15.6 Å². The number of hydrogen-bond donors (Lipinski definition) is 0. The van der Waals surface area contributed by atoms with Crippen LogP contribution in [0.3, 0.4) is 0 Å². The van der Waals surface area contributed by atoms with Crippen LogP contribution in [-0.4, -0.2) is 10.8 Å². The van der Waals surface area contributed by atoms with Gasteiger partial charge in [-0.2, -0.15) is 0 Å². The van der Waals surface area contributed by atoms with Gasteiger partial charge in [-0.05, 0) is 30.6 Å². The molecule has 2 nitrogen and oxygen atoms in total. The summed E-state index contributed by atoms with van der Waals surface area (Å²) < 4.78 is 0. The maximum Gasteiger partial charge on any atom is 0.175 e. The van der Waals surface area contributed by atoms with Gasteiger partial charge in [-0.25, -0.2) is 4.98 Å². The van der Waals surface area contributed by atoms with Crippen molar-refractivity contribution < 1.29 is 4.79 Å². The summed E-state index contributed by atoms with van der Waals surface area (Å²) in [6, 6.07) is 0. The molecule has 1 aromatic rings. The minimum absolute atomic E-state index is 0.0907. The van der Waals surface area contributed by atoms with Crippen LogP contribution in [0.1, 0.15) is 60.9 Å². The summed E-state index contributed by atoms with van der Waals surface area (Å²) in [5, 5.41) is 1.15. The summed E-state index contributed by atoms with van der Waals surface area (Å²) in [4.78, 5) is 17.6. The molecule has 2 rings (SSSR count). The molecule has 1 aliphatic carbocycles. The second-order valence-corrected chi connectivity index (χ2v) is 7.34. The molecule has 0 aliphatic heterocycles. The Morgan fingerprint density at radius 1 is 1.35 bits per heavy atom. The fraction of sp³-hybridized carbons (Fsp3) is 0.714. The van der Waals surface area contributed by atoms with Gasteiger partial charge in [0.25, 0.3) is 0 Å². The molecular formula is C14H21NOS. The molecular weight excluding hydrogens is 230 g/mol. The Morgan fingerprint density at radius 3 is 2.71 bits per heavy atom. The van der Waals surface area contributed by atoms with E-state index in [0.29, 0.717) is 18.1 Å². The largest absolute Gasteiger partial charge is 0.293 e. The van der Waals surface area contributed by atoms with Crippen molar-refractivity contribution in [1.82, 2.24) is 4.98 Å². The summed E-state index contributed by atoms with van der Waals surface area (Å²) in [6.45, 7) is 8.76. The maximum atomic E-state index is 12.0. The molecule has 0 saturated heterocycles. The average Bonchev–Trinajstić information content (AvgIpc) is 2.56. The van der Waals surface area contributed by atoms with Crippen LogP contribution in [0.4, 0.5) is 0 Å². The van der Waals surface area contributed by atoms with Gasteiger partial charge in [0.1, 0.15) is 0 Å². The third-order valence-corrected chi connectivity index (χ3v) is 4.41. The van der Waals surface area contributed by atoms with Crippen LogP contribution in [0.2, 0.25) is 0 Å². The summed E-state index contributed by atoms with van der Waals surface area (Å²) in [6.07, 6.45) is 3.80. The zero-order valence-electron chi connectivity index (χ0n) is 11.2. The van der Waals surface area contributed by atoms with Gasteiger partial charge >= 0.3 is 0 Å². The predicted octanol–water partition coefficient (Wildman–Crippen LogP) is 3.89. The third-order valence-electron chi connectivity index (χ3n) is 3.22. The van der Waals surface area contributed by atoms with Crippen molar-refractivity contribution >= 4 is 17.1 Å². The van der Waals surface area contributed by atoms with Crippen LogP contribution >= 0.6 is 11.3 Å². The first-order valence-corrected chi connectivity index (χ1v) is 7.21. The molecule has 3 heteroatoms. The van der Waals surface area contributed by atoms with Crippen molar-refractivity contribution in [2.75, 3.05) is 0 Å². The lowest BCUT2D eigenvalue weighted by molar-refractivity contribution is 0.0916. The quantitative estimate of drug-likeness (QED) is 0.816. The standard InChI is InChI=1S/C14H21NOS/c1-9(2)5-6-12-15-10-7-14(3,4)8-11(16)13(10)17-12/h9H,5-8H2,1-4H3. The third kappa shape index (κ3) is 2.95. The number of aromatic nitrogens is 1. The van der Waals surface area contributed by atoms with Crippen LogP contribution < -0.4 is 0 Å². The highest BCUT2D eigenvalue weighted by atomic mass is 32.1. The van der Waals surface area contributed by atoms with Gasteiger partial charge in [0.05, 0.1) is 15.6 Å². The summed E-state index contributed by atoms with van der Waals surface area (Å²) in [5.74, 6) is 0.993. The van der Waals surface area contributed by atoms with E-state index in [2.05, 4.69) is 32.7 Å². The molecule has 0 atom stereocenters. The van der Waals surface area contributed by atoms with Crippen LogP contribution in [0.15, 0.2) is 0 Å². The zero-order chi connectivity index (χ0) is 12.6. The first kappa shape index (κ1) is 12.7. The van der Waals surface area contributed by atoms with Gasteiger partial charge < -0.3 is 0 Å². The van der Waals surface area contributed by atoms with Gasteiger partial charge in [0, 0.05) is 6.42 Å². The Balaban J connectivity index is 2.18. The van der Waals surface area contributed by atoms with E-state index in [0.717, 1.165) is 34.8 Å². The van der Waals surface area contributed by atoms with Crippen molar-refractivity contribution in [3.8, 4) is 0 Å². The Labute approximate surface area is 107 Å². The molecule has 0 aromatic carbocycles. The fourth-order valence-electron chi connectivity index (χ4n) is 2.29. The molecule has 0 radical (unpaired) electrons. The fourth-order valence-corrected chi connectivity index (χ4v) is 3.32. The number of hydrogen-bond acceptors (Lipinski definition) is 3. The molecule has 94 valence electrons. The van der Waals surface area contributed by atoms with E-state index in [1.165, 1.54) is 0 Å². The molecule has 0 amide bonds. The van der Waals surface area contributed by atoms with E-state index in [4.69, 9.17) is 0 Å². The Kier molecular flexibility index (Phi) is 3.39. The predicted molar refractivity (Wildman–Crippen MR) is 71.7 cm³/mol. The van der Waals surface area contributed by atoms with Gasteiger partial charge in [0.2, 0.25) is 0 Å². The monoisotopic (exact) mass is 251 g/mol. The number of nitrogens with zero attached hydrogens (tertiary/aromatic N) is 1. The summed E-state index contributed by atoms with van der Waals surface area (Å²) in [5.41, 5.74) is 1.14. The lowest BCUT2D eigenvalue weighted by Gasteiger charge is -2.26. The van der Waals surface area contributed by atoms with Gasteiger partial charge in [-0.1, -0.05) is 27.7 Å². The van der Waals surface area contributed by atoms with Crippen LogP contribution in [0.5, 0.6) is 0 Å². The topological polar surface area (TPSA) is 30.0 Å². The van der Waals surface area contributed by atoms with Gasteiger partial charge in [-0.3, -0.25) is 4.79 Å². The van der Waals surface area contributed by atoms with Crippen molar-refractivity contribution in [3.63, 3.8) is 0 Å². The smallest absolute Gasteiger partial charge is 0.175 e. The molecule has 1 aromatic heterocycles. The minimum atomic E-state index is 0.0907. The highest BCUT2D eigenvalue weighted by Gasteiger charge is 2.33. The Hall–Kier alpha value is -0.700. The number of fused-ring (bicyclic) bond motifs is 1. The number of Topliss-reactive ketones (excluding diaryl/α,β-unsaturated/α-hetero) is 1. The molecule has 0 saturated carbocycles. The van der Waals surface area contributed by atoms with Crippen molar-refractivity contribution in [1.29, 1.82) is 0 Å². The Bertz CT molecular complexity index is 431. The van der Waals surface area contributed by atoms with Crippen molar-refractivity contribution in [2.45, 2.75) is 53.4 Å². The number of aryl methyl sites for hydroxylation is 1. The van der Waals surface area contributed by atoms with Gasteiger partial charge in [0.15, 0.2) is 5.78 Å². The first-order valence-electron chi connectivity index (χ1n) is 6.39. The molecule has 0 bridgehead atoms. The maximum absolute atomic E-state index is 12.0. The van der Waals surface area contributed by atoms with E-state index >= 15 is 0 Å². The second kappa shape index (κ2) is 4.52. The zero-order valence-corrected chi connectivity index (χ0v) is 12.0. The minimum Gasteiger partial charge on any atom is -0.293 e.